The molecule has 0 unspecified atom stereocenters. The fraction of sp³-hybridized carbons (Fsp3) is 0.227. The van der Waals surface area contributed by atoms with Crippen molar-refractivity contribution >= 4 is 23.2 Å². The normalized spacial score (nSPS) is 10.4. The Labute approximate surface area is 183 Å². The molecule has 0 radical (unpaired) electrons. The molecule has 0 spiro atoms. The predicted molar refractivity (Wildman–Crippen MR) is 116 cm³/mol. The Morgan fingerprint density at radius 3 is 2.61 bits per heavy atom. The summed E-state index contributed by atoms with van der Waals surface area (Å²) in [4.78, 5) is 27.9. The molecule has 1 amide bonds. The van der Waals surface area contributed by atoms with E-state index in [9.17, 15) is 9.59 Å². The highest BCUT2D eigenvalue weighted by atomic mass is 32.1. The number of thiazole rings is 1. The van der Waals surface area contributed by atoms with E-state index in [-0.39, 0.29) is 24.5 Å². The summed E-state index contributed by atoms with van der Waals surface area (Å²) in [5.41, 5.74) is 6.77. The minimum Gasteiger partial charge on any atom is -0.493 e. The van der Waals surface area contributed by atoms with E-state index < -0.39 is 11.9 Å². The molecule has 0 atom stereocenters. The zero-order valence-electron chi connectivity index (χ0n) is 17.1. The highest BCUT2D eigenvalue weighted by Gasteiger charge is 2.16. The van der Waals surface area contributed by atoms with Crippen LogP contribution in [-0.2, 0) is 16.1 Å². The van der Waals surface area contributed by atoms with Crippen LogP contribution in [0.2, 0.25) is 0 Å². The number of esters is 1. The van der Waals surface area contributed by atoms with Gasteiger partial charge in [0.05, 0.1) is 19.4 Å². The fourth-order valence-corrected chi connectivity index (χ4v) is 3.51. The van der Waals surface area contributed by atoms with Gasteiger partial charge in [-0.3, -0.25) is 4.79 Å². The Morgan fingerprint density at radius 2 is 1.87 bits per heavy atom. The van der Waals surface area contributed by atoms with Crippen molar-refractivity contribution in [3.8, 4) is 27.8 Å². The molecule has 3 rings (SSSR count). The maximum atomic E-state index is 12.5. The van der Waals surface area contributed by atoms with Gasteiger partial charge in [0.25, 0.3) is 5.91 Å². The summed E-state index contributed by atoms with van der Waals surface area (Å²) in [7, 11) is 1.58. The molecule has 3 aromatic rings. The van der Waals surface area contributed by atoms with Crippen LogP contribution < -0.4 is 19.9 Å². The number of amides is 1. The number of aromatic nitrogens is 1. The van der Waals surface area contributed by atoms with Crippen LogP contribution in [0.4, 0.5) is 0 Å². The predicted octanol–water partition coefficient (Wildman–Crippen LogP) is 3.44. The third-order valence-corrected chi connectivity index (χ3v) is 5.03. The van der Waals surface area contributed by atoms with Crippen molar-refractivity contribution in [2.75, 3.05) is 20.3 Å². The van der Waals surface area contributed by atoms with Crippen LogP contribution in [0.1, 0.15) is 23.0 Å². The van der Waals surface area contributed by atoms with Gasteiger partial charge in [0.1, 0.15) is 22.9 Å². The smallest absolute Gasteiger partial charge is 0.342 e. The summed E-state index contributed by atoms with van der Waals surface area (Å²) in [6.45, 7) is 2.11. The Hall–Kier alpha value is -3.59. The fourth-order valence-electron chi connectivity index (χ4n) is 2.71. The number of rotatable bonds is 10. The molecule has 0 saturated carbocycles. The second-order valence-corrected chi connectivity index (χ2v) is 7.13. The van der Waals surface area contributed by atoms with E-state index in [1.54, 1.807) is 31.4 Å². The van der Waals surface area contributed by atoms with Gasteiger partial charge in [-0.25, -0.2) is 9.78 Å². The standard InChI is InChI=1S/C22H22N2O6S/c1-3-28-18-9-8-14(10-19(18)27-2)21-24-15(13-31-21)11-30-22(26)16-6-4-5-7-17(16)29-12-20(23)25/h4-10,13H,3,11-12H2,1-2H3,(H2,23,25). The maximum absolute atomic E-state index is 12.5. The van der Waals surface area contributed by atoms with Crippen molar-refractivity contribution in [1.82, 2.24) is 4.98 Å². The number of methoxy groups -OCH3 is 1. The summed E-state index contributed by atoms with van der Waals surface area (Å²) in [5.74, 6) is 0.292. The van der Waals surface area contributed by atoms with Gasteiger partial charge in [-0.15, -0.1) is 11.3 Å². The van der Waals surface area contributed by atoms with Gasteiger partial charge in [-0.2, -0.15) is 0 Å². The first-order valence-electron chi connectivity index (χ1n) is 9.44. The van der Waals surface area contributed by atoms with Crippen molar-refractivity contribution in [2.45, 2.75) is 13.5 Å². The molecule has 0 aliphatic carbocycles. The van der Waals surface area contributed by atoms with Crippen LogP contribution in [0.25, 0.3) is 10.6 Å². The number of carbonyl (C=O) groups is 2. The monoisotopic (exact) mass is 442 g/mol. The molecule has 31 heavy (non-hydrogen) atoms. The highest BCUT2D eigenvalue weighted by Crippen LogP contribution is 2.34. The van der Waals surface area contributed by atoms with Crippen LogP contribution in [0.5, 0.6) is 17.2 Å². The van der Waals surface area contributed by atoms with E-state index in [0.717, 1.165) is 10.6 Å². The molecule has 1 heterocycles. The molecule has 0 saturated heterocycles. The largest absolute Gasteiger partial charge is 0.493 e. The van der Waals surface area contributed by atoms with Crippen LogP contribution in [0.15, 0.2) is 47.8 Å². The molecule has 2 N–H and O–H groups in total. The van der Waals surface area contributed by atoms with E-state index in [2.05, 4.69) is 4.98 Å². The Balaban J connectivity index is 1.67. The number of carbonyl (C=O) groups excluding carboxylic acids is 2. The Bertz CT molecular complexity index is 1070. The summed E-state index contributed by atoms with van der Waals surface area (Å²) in [6.07, 6.45) is 0. The first-order chi connectivity index (χ1) is 15.0. The lowest BCUT2D eigenvalue weighted by atomic mass is 10.2. The van der Waals surface area contributed by atoms with Crippen LogP contribution in [0, 0.1) is 0 Å². The first-order valence-corrected chi connectivity index (χ1v) is 10.3. The third kappa shape index (κ3) is 5.73. The number of primary amides is 1. The van der Waals surface area contributed by atoms with Crippen molar-refractivity contribution in [1.29, 1.82) is 0 Å². The number of nitrogens with zero attached hydrogens (tertiary/aromatic N) is 1. The van der Waals surface area contributed by atoms with Crippen LogP contribution in [-0.4, -0.2) is 37.2 Å². The van der Waals surface area contributed by atoms with E-state index in [4.69, 9.17) is 24.7 Å². The van der Waals surface area contributed by atoms with Crippen LogP contribution >= 0.6 is 11.3 Å². The van der Waals surface area contributed by atoms with Crippen LogP contribution in [0.3, 0.4) is 0 Å². The van der Waals surface area contributed by atoms with Crippen molar-refractivity contribution < 1.29 is 28.5 Å². The SMILES string of the molecule is CCOc1ccc(-c2nc(COC(=O)c3ccccc3OCC(N)=O)cs2)cc1OC. The van der Waals surface area contributed by atoms with Crippen molar-refractivity contribution in [3.05, 3.63) is 59.1 Å². The average Bonchev–Trinajstić information content (AvgIpc) is 3.25. The van der Waals surface area contributed by atoms with E-state index in [0.29, 0.717) is 23.8 Å². The zero-order chi connectivity index (χ0) is 22.2. The minimum atomic E-state index is -0.635. The third-order valence-electron chi connectivity index (χ3n) is 4.09. The van der Waals surface area contributed by atoms with Gasteiger partial charge in [-0.1, -0.05) is 12.1 Å². The van der Waals surface area contributed by atoms with Gasteiger partial charge in [0.15, 0.2) is 18.1 Å². The lowest BCUT2D eigenvalue weighted by Gasteiger charge is -2.10. The summed E-state index contributed by atoms with van der Waals surface area (Å²) < 4.78 is 21.6. The summed E-state index contributed by atoms with van der Waals surface area (Å²) in [5, 5.41) is 2.58. The Morgan fingerprint density at radius 1 is 1.06 bits per heavy atom. The van der Waals surface area contributed by atoms with E-state index in [1.165, 1.54) is 11.3 Å². The molecular formula is C22H22N2O6S. The van der Waals surface area contributed by atoms with Crippen molar-refractivity contribution in [2.24, 2.45) is 5.73 Å². The molecule has 0 fully saturated rings. The number of ether oxygens (including phenoxy) is 4. The lowest BCUT2D eigenvalue weighted by Crippen LogP contribution is -2.21. The van der Waals surface area contributed by atoms with Gasteiger partial charge in [0.2, 0.25) is 0 Å². The molecule has 8 nitrogen and oxygen atoms in total. The van der Waals surface area contributed by atoms with Gasteiger partial charge < -0.3 is 24.7 Å². The lowest BCUT2D eigenvalue weighted by molar-refractivity contribution is -0.119. The molecule has 1 aromatic heterocycles. The number of hydrogen-bond acceptors (Lipinski definition) is 8. The molecule has 162 valence electrons. The quantitative estimate of drug-likeness (QED) is 0.479. The van der Waals surface area contributed by atoms with Gasteiger partial charge in [0, 0.05) is 10.9 Å². The second kappa shape index (κ2) is 10.4. The first kappa shape index (κ1) is 22.1. The highest BCUT2D eigenvalue weighted by molar-refractivity contribution is 7.13. The van der Waals surface area contributed by atoms with E-state index in [1.807, 2.05) is 30.5 Å². The molecule has 0 aliphatic heterocycles. The summed E-state index contributed by atoms with van der Waals surface area (Å²) in [6, 6.07) is 12.1. The molecular weight excluding hydrogens is 420 g/mol. The van der Waals surface area contributed by atoms with Gasteiger partial charge in [-0.05, 0) is 37.3 Å². The molecule has 0 bridgehead atoms. The second-order valence-electron chi connectivity index (χ2n) is 6.27. The number of nitrogens with two attached hydrogens (primary N) is 1. The minimum absolute atomic E-state index is 0.00630. The zero-order valence-corrected chi connectivity index (χ0v) is 17.9. The van der Waals surface area contributed by atoms with E-state index >= 15 is 0 Å². The van der Waals surface area contributed by atoms with Gasteiger partial charge >= 0.3 is 5.97 Å². The topological polar surface area (TPSA) is 110 Å². The van der Waals surface area contributed by atoms with Crippen molar-refractivity contribution in [3.63, 3.8) is 0 Å². The molecule has 9 heteroatoms. The summed E-state index contributed by atoms with van der Waals surface area (Å²) >= 11 is 1.43. The number of benzene rings is 2. The average molecular weight is 442 g/mol. The molecule has 2 aromatic carbocycles. The Kier molecular flexibility index (Phi) is 7.45. The number of hydrogen-bond donors (Lipinski definition) is 1. The molecule has 0 aliphatic rings. The number of para-hydroxylation sites is 1. The maximum Gasteiger partial charge on any atom is 0.342 e.